The molecule has 3 aliphatic heterocycles. The normalized spacial score (nSPS) is 14.9. The van der Waals surface area contributed by atoms with Gasteiger partial charge in [-0.25, -0.2) is 0 Å². The summed E-state index contributed by atoms with van der Waals surface area (Å²) >= 11 is 0. The number of aromatic nitrogens is 3. The van der Waals surface area contributed by atoms with Crippen molar-refractivity contribution in [3.63, 3.8) is 0 Å². The van der Waals surface area contributed by atoms with E-state index in [2.05, 4.69) is 95.9 Å². The third-order valence-electron chi connectivity index (χ3n) is 7.52. The molecule has 4 nitrogen and oxygen atoms in total. The molecule has 0 amide bonds. The summed E-state index contributed by atoms with van der Waals surface area (Å²) in [5, 5.41) is 3.50. The number of rotatable bonds is 0. The fourth-order valence-corrected chi connectivity index (χ4v) is 5.95. The monoisotopic (exact) mass is 448 g/mol. The third kappa shape index (κ3) is 2.95. The second-order valence-corrected chi connectivity index (χ2v) is 9.74. The van der Waals surface area contributed by atoms with Crippen LogP contribution in [0.25, 0.3) is 32.7 Å². The van der Waals surface area contributed by atoms with E-state index in [4.69, 9.17) is 15.0 Å². The number of benzene rings is 3. The van der Waals surface area contributed by atoms with Crippen LogP contribution in [0.1, 0.15) is 17.1 Å². The van der Waals surface area contributed by atoms with E-state index in [1.807, 2.05) is 0 Å². The van der Waals surface area contributed by atoms with Gasteiger partial charge in [0, 0.05) is 19.6 Å². The summed E-state index contributed by atoms with van der Waals surface area (Å²) in [5.74, 6) is 0. The van der Waals surface area contributed by atoms with Crippen molar-refractivity contribution in [2.75, 3.05) is 0 Å². The van der Waals surface area contributed by atoms with Crippen LogP contribution in [0.3, 0.4) is 0 Å². The smallest absolute Gasteiger partial charge is 0.249 e. The average molecular weight is 448 g/mol. The Morgan fingerprint density at radius 2 is 0.829 bits per heavy atom. The van der Waals surface area contributed by atoms with E-state index in [-0.39, 0.29) is 6.71 Å². The van der Waals surface area contributed by atoms with Gasteiger partial charge in [0.15, 0.2) is 0 Å². The van der Waals surface area contributed by atoms with Crippen molar-refractivity contribution in [2.45, 2.75) is 19.6 Å². The lowest BCUT2D eigenvalue weighted by molar-refractivity contribution is 0.239. The molecule has 35 heavy (non-hydrogen) atoms. The lowest BCUT2D eigenvalue weighted by Crippen LogP contribution is -2.53. The molecule has 5 heteroatoms. The van der Waals surface area contributed by atoms with Crippen LogP contribution in [0.2, 0.25) is 0 Å². The minimum Gasteiger partial charge on any atom is -0.286 e. The molecule has 0 aliphatic carbocycles. The fourth-order valence-electron chi connectivity index (χ4n) is 5.95. The Hall–Kier alpha value is -4.09. The molecule has 0 unspecified atom stereocenters. The summed E-state index contributed by atoms with van der Waals surface area (Å²) < 4.78 is 0. The highest BCUT2D eigenvalue weighted by Crippen LogP contribution is 2.22. The zero-order valence-electron chi connectivity index (χ0n) is 19.1. The number of hydrogen-bond acceptors (Lipinski definition) is 4. The van der Waals surface area contributed by atoms with Crippen molar-refractivity contribution in [1.82, 2.24) is 19.9 Å². The predicted octanol–water partition coefficient (Wildman–Crippen LogP) is 3.68. The fraction of sp³-hybridized carbons (Fsp3) is 0.100. The van der Waals surface area contributed by atoms with E-state index in [1.54, 1.807) is 0 Å². The van der Waals surface area contributed by atoms with Gasteiger partial charge in [0.2, 0.25) is 6.71 Å². The molecular formula is C30H21BN4. The van der Waals surface area contributed by atoms with Crippen LogP contribution in [-0.2, 0) is 19.6 Å². The first kappa shape index (κ1) is 19.2. The number of hydrogen-bond donors (Lipinski definition) is 0. The Labute approximate surface area is 203 Å². The summed E-state index contributed by atoms with van der Waals surface area (Å²) in [6, 6.07) is 32.9. The van der Waals surface area contributed by atoms with Gasteiger partial charge in [-0.1, -0.05) is 72.8 Å². The van der Waals surface area contributed by atoms with Gasteiger partial charge >= 0.3 is 0 Å². The van der Waals surface area contributed by atoms with Crippen LogP contribution < -0.4 is 16.4 Å². The maximum Gasteiger partial charge on any atom is 0.249 e. The molecule has 6 aromatic rings. The van der Waals surface area contributed by atoms with E-state index in [0.29, 0.717) is 0 Å². The molecule has 3 aromatic heterocycles. The summed E-state index contributed by atoms with van der Waals surface area (Å²) in [6.45, 7) is 2.21. The molecule has 0 saturated heterocycles. The first-order valence-electron chi connectivity index (χ1n) is 12.2. The maximum absolute atomic E-state index is 5.26. The minimum atomic E-state index is -0.0330. The largest absolute Gasteiger partial charge is 0.286 e. The summed E-state index contributed by atoms with van der Waals surface area (Å²) in [5.41, 5.74) is 10.0. The zero-order chi connectivity index (χ0) is 22.9. The average Bonchev–Trinajstić information content (AvgIpc) is 2.88. The van der Waals surface area contributed by atoms with Gasteiger partial charge < -0.3 is 0 Å². The summed E-state index contributed by atoms with van der Waals surface area (Å²) in [7, 11) is 0. The van der Waals surface area contributed by atoms with Gasteiger partial charge in [-0.2, -0.15) is 0 Å². The molecule has 0 fully saturated rings. The van der Waals surface area contributed by atoms with Gasteiger partial charge in [0.1, 0.15) is 0 Å². The van der Waals surface area contributed by atoms with Gasteiger partial charge in [0.25, 0.3) is 0 Å². The van der Waals surface area contributed by atoms with Crippen LogP contribution in [0, 0.1) is 0 Å². The molecule has 3 aromatic carbocycles. The maximum atomic E-state index is 5.26. The van der Waals surface area contributed by atoms with Crippen molar-refractivity contribution in [1.29, 1.82) is 0 Å². The molecule has 0 saturated carbocycles. The van der Waals surface area contributed by atoms with E-state index in [1.165, 1.54) is 32.5 Å². The van der Waals surface area contributed by atoms with Crippen molar-refractivity contribution in [2.24, 2.45) is 0 Å². The van der Waals surface area contributed by atoms with Gasteiger partial charge in [-0.15, -0.1) is 0 Å². The first-order chi connectivity index (χ1) is 17.3. The highest BCUT2D eigenvalue weighted by Gasteiger charge is 2.30. The van der Waals surface area contributed by atoms with Crippen LogP contribution in [0.4, 0.5) is 0 Å². The third-order valence-corrected chi connectivity index (χ3v) is 7.52. The van der Waals surface area contributed by atoms with Gasteiger partial charge in [-0.3, -0.25) is 19.9 Å². The highest BCUT2D eigenvalue weighted by molar-refractivity contribution is 6.99. The molecule has 8 bridgehead atoms. The van der Waals surface area contributed by atoms with Gasteiger partial charge in [-0.05, 0) is 50.7 Å². The van der Waals surface area contributed by atoms with E-state index < -0.39 is 0 Å². The molecule has 6 heterocycles. The topological polar surface area (TPSA) is 41.9 Å². The lowest BCUT2D eigenvalue weighted by atomic mass is 9.36. The predicted molar refractivity (Wildman–Crippen MR) is 143 cm³/mol. The van der Waals surface area contributed by atoms with E-state index >= 15 is 0 Å². The SMILES string of the molecule is c1cc2c3nc(ccc3c1)CN1Cc3ccc4cccc(c4n3)B2c2cccc3ccc(nc23)C1. The Morgan fingerprint density at radius 3 is 1.20 bits per heavy atom. The zero-order valence-corrected chi connectivity index (χ0v) is 19.1. The van der Waals surface area contributed by atoms with Crippen molar-refractivity contribution >= 4 is 55.8 Å². The van der Waals surface area contributed by atoms with Crippen LogP contribution in [0.15, 0.2) is 91.0 Å². The molecule has 0 radical (unpaired) electrons. The van der Waals surface area contributed by atoms with Gasteiger partial charge in [0.05, 0.1) is 33.6 Å². The van der Waals surface area contributed by atoms with Crippen LogP contribution in [0.5, 0.6) is 0 Å². The standard InChI is InChI=1S/C30H21BN4/c1-4-19-10-13-22-16-35-17-23-14-11-20-5-2-8-26(29(20)33-23)31(25(7-1)28(19)32-22)27-9-3-6-21-12-15-24(18-35)34-30(21)27/h1-15H,16-18H2. The Balaban J connectivity index is 1.62. The molecule has 0 spiro atoms. The molecule has 164 valence electrons. The van der Waals surface area contributed by atoms with Crippen LogP contribution in [-0.4, -0.2) is 26.6 Å². The summed E-state index contributed by atoms with van der Waals surface area (Å²) in [4.78, 5) is 18.2. The second kappa shape index (κ2) is 7.21. The quantitative estimate of drug-likeness (QED) is 0.333. The Kier molecular flexibility index (Phi) is 3.96. The van der Waals surface area contributed by atoms with E-state index in [9.17, 15) is 0 Å². The lowest BCUT2D eigenvalue weighted by Gasteiger charge is -2.26. The number of para-hydroxylation sites is 3. The number of pyridine rings is 3. The Bertz CT molecular complexity index is 1600. The second-order valence-electron chi connectivity index (χ2n) is 9.74. The van der Waals surface area contributed by atoms with Crippen molar-refractivity contribution in [3.8, 4) is 0 Å². The van der Waals surface area contributed by atoms with E-state index in [0.717, 1.165) is 53.3 Å². The Morgan fingerprint density at radius 1 is 0.457 bits per heavy atom. The molecule has 0 atom stereocenters. The first-order valence-corrected chi connectivity index (χ1v) is 12.2. The van der Waals surface area contributed by atoms with Crippen molar-refractivity contribution < 1.29 is 0 Å². The van der Waals surface area contributed by atoms with Crippen LogP contribution >= 0.6 is 0 Å². The highest BCUT2D eigenvalue weighted by atomic mass is 15.1. The van der Waals surface area contributed by atoms with Crippen molar-refractivity contribution in [3.05, 3.63) is 108 Å². The number of nitrogens with zero attached hydrogens (tertiary/aromatic N) is 4. The minimum absolute atomic E-state index is 0.0330. The molecule has 9 rings (SSSR count). The summed E-state index contributed by atoms with van der Waals surface area (Å²) in [6.07, 6.45) is 0. The molecule has 0 N–H and O–H groups in total. The molecular weight excluding hydrogens is 427 g/mol. The molecule has 3 aliphatic rings.